The lowest BCUT2D eigenvalue weighted by atomic mass is 10.2. The molecule has 32 heavy (non-hydrogen) atoms. The van der Waals surface area contributed by atoms with E-state index in [9.17, 15) is 9.59 Å². The van der Waals surface area contributed by atoms with E-state index in [1.165, 1.54) is 0 Å². The third kappa shape index (κ3) is 5.28. The molecule has 3 aromatic rings. The Balaban J connectivity index is 1.27. The van der Waals surface area contributed by atoms with Gasteiger partial charge in [-0.15, -0.1) is 0 Å². The smallest absolute Gasteiger partial charge is 0.283 e. The average Bonchev–Trinajstić information content (AvgIpc) is 2.85. The quantitative estimate of drug-likeness (QED) is 0.439. The summed E-state index contributed by atoms with van der Waals surface area (Å²) in [5.41, 5.74) is 5.04. The summed E-state index contributed by atoms with van der Waals surface area (Å²) in [4.78, 5) is 25.0. The topological polar surface area (TPSA) is 95.1 Å². The summed E-state index contributed by atoms with van der Waals surface area (Å²) in [6, 6.07) is 23.2. The number of amides is 2. The van der Waals surface area contributed by atoms with Crippen molar-refractivity contribution < 1.29 is 28.5 Å². The summed E-state index contributed by atoms with van der Waals surface area (Å²) in [7, 11) is 0. The Bertz CT molecular complexity index is 1070. The molecule has 0 saturated carbocycles. The van der Waals surface area contributed by atoms with Crippen molar-refractivity contribution in [2.75, 3.05) is 19.8 Å². The molecule has 164 valence electrons. The van der Waals surface area contributed by atoms with Gasteiger partial charge in [0.1, 0.15) is 31.3 Å². The van der Waals surface area contributed by atoms with Crippen LogP contribution < -0.4 is 29.8 Å². The zero-order valence-electron chi connectivity index (χ0n) is 17.2. The second-order valence-corrected chi connectivity index (χ2v) is 6.81. The normalized spacial score (nSPS) is 14.2. The van der Waals surface area contributed by atoms with E-state index in [0.717, 1.165) is 5.75 Å². The lowest BCUT2D eigenvalue weighted by molar-refractivity contribution is -0.131. The highest BCUT2D eigenvalue weighted by Gasteiger charge is 2.27. The molecule has 1 aliphatic rings. The molecule has 0 saturated heterocycles. The minimum absolute atomic E-state index is 0.0415. The molecule has 2 amide bonds. The number of nitrogens with one attached hydrogen (secondary N) is 2. The highest BCUT2D eigenvalue weighted by Crippen LogP contribution is 2.30. The van der Waals surface area contributed by atoms with Gasteiger partial charge in [-0.2, -0.15) is 0 Å². The summed E-state index contributed by atoms with van der Waals surface area (Å²) in [5, 5.41) is 0. The number of para-hydroxylation sites is 4. The highest BCUT2D eigenvalue weighted by molar-refractivity contribution is 5.98. The number of hydrazine groups is 1. The first-order valence-electron chi connectivity index (χ1n) is 10.1. The lowest BCUT2D eigenvalue weighted by Crippen LogP contribution is -2.50. The fraction of sp³-hybridized carbons (Fsp3) is 0.167. The van der Waals surface area contributed by atoms with Crippen LogP contribution in [0.5, 0.6) is 23.0 Å². The molecule has 0 aliphatic carbocycles. The summed E-state index contributed by atoms with van der Waals surface area (Å²) < 4.78 is 22.4. The van der Waals surface area contributed by atoms with Crippen molar-refractivity contribution >= 4 is 11.8 Å². The molecule has 8 nitrogen and oxygen atoms in total. The lowest BCUT2D eigenvalue weighted by Gasteiger charge is -2.25. The number of hydrogen-bond acceptors (Lipinski definition) is 6. The second kappa shape index (κ2) is 10.2. The van der Waals surface area contributed by atoms with Crippen molar-refractivity contribution in [1.29, 1.82) is 0 Å². The predicted octanol–water partition coefficient (Wildman–Crippen LogP) is 2.75. The van der Waals surface area contributed by atoms with E-state index < -0.39 is 17.9 Å². The van der Waals surface area contributed by atoms with Crippen molar-refractivity contribution in [3.63, 3.8) is 0 Å². The van der Waals surface area contributed by atoms with E-state index in [1.54, 1.807) is 42.5 Å². The molecular weight excluding hydrogens is 412 g/mol. The first kappa shape index (κ1) is 21.0. The number of benzene rings is 3. The van der Waals surface area contributed by atoms with Crippen LogP contribution in [0.25, 0.3) is 0 Å². The van der Waals surface area contributed by atoms with E-state index in [4.69, 9.17) is 18.9 Å². The third-order valence-electron chi connectivity index (χ3n) is 4.58. The summed E-state index contributed by atoms with van der Waals surface area (Å²) in [5.74, 6) is 1.12. The van der Waals surface area contributed by atoms with E-state index in [2.05, 4.69) is 10.9 Å². The molecule has 0 fully saturated rings. The molecule has 1 atom stereocenters. The van der Waals surface area contributed by atoms with Gasteiger partial charge in [-0.1, -0.05) is 42.5 Å². The zero-order valence-corrected chi connectivity index (χ0v) is 17.2. The Morgan fingerprint density at radius 1 is 0.812 bits per heavy atom. The van der Waals surface area contributed by atoms with Crippen molar-refractivity contribution in [3.8, 4) is 23.0 Å². The fourth-order valence-electron chi connectivity index (χ4n) is 3.02. The summed E-state index contributed by atoms with van der Waals surface area (Å²) in [6.07, 6.45) is -0.883. The predicted molar refractivity (Wildman–Crippen MR) is 116 cm³/mol. The Hall–Kier alpha value is -4.20. The molecule has 3 aromatic carbocycles. The Morgan fingerprint density at radius 3 is 2.34 bits per heavy atom. The van der Waals surface area contributed by atoms with Gasteiger partial charge < -0.3 is 18.9 Å². The van der Waals surface area contributed by atoms with Crippen molar-refractivity contribution in [2.24, 2.45) is 0 Å². The number of rotatable bonds is 7. The van der Waals surface area contributed by atoms with Crippen LogP contribution >= 0.6 is 0 Å². The summed E-state index contributed by atoms with van der Waals surface area (Å²) in [6.45, 7) is 0.606. The molecule has 1 unspecified atom stereocenters. The van der Waals surface area contributed by atoms with Crippen LogP contribution in [0.3, 0.4) is 0 Å². The van der Waals surface area contributed by atoms with E-state index in [-0.39, 0.29) is 18.8 Å². The zero-order chi connectivity index (χ0) is 22.2. The maximum atomic E-state index is 12.6. The molecule has 4 rings (SSSR count). The maximum absolute atomic E-state index is 12.6. The van der Waals surface area contributed by atoms with Crippen molar-refractivity contribution in [1.82, 2.24) is 10.9 Å². The standard InChI is InChI=1S/C24H22N2O6/c27-23(25-26-24(28)22-16-31-20-12-6-7-13-21(20)32-22)18-10-4-5-11-19(18)30-15-14-29-17-8-2-1-3-9-17/h1-13,22H,14-16H2,(H,25,27)(H,26,28). The molecule has 1 heterocycles. The van der Waals surface area contributed by atoms with Gasteiger partial charge in [0, 0.05) is 0 Å². The Labute approximate surface area is 185 Å². The maximum Gasteiger partial charge on any atom is 0.283 e. The molecule has 1 aliphatic heterocycles. The molecule has 2 N–H and O–H groups in total. The van der Waals surface area contributed by atoms with Crippen LogP contribution in [0, 0.1) is 0 Å². The SMILES string of the molecule is O=C(NNC(=O)C1COc2ccccc2O1)c1ccccc1OCCOc1ccccc1. The van der Waals surface area contributed by atoms with Crippen molar-refractivity contribution in [3.05, 3.63) is 84.4 Å². The number of hydrogen-bond donors (Lipinski definition) is 2. The largest absolute Gasteiger partial charge is 0.490 e. The van der Waals surface area contributed by atoms with Crippen molar-refractivity contribution in [2.45, 2.75) is 6.10 Å². The second-order valence-electron chi connectivity index (χ2n) is 6.81. The van der Waals surface area contributed by atoms with Crippen LogP contribution in [0.4, 0.5) is 0 Å². The van der Waals surface area contributed by atoms with Crippen LogP contribution in [0.15, 0.2) is 78.9 Å². The van der Waals surface area contributed by atoms with E-state index in [0.29, 0.717) is 23.9 Å². The monoisotopic (exact) mass is 434 g/mol. The van der Waals surface area contributed by atoms with Gasteiger partial charge in [0.15, 0.2) is 11.5 Å². The Morgan fingerprint density at radius 2 is 1.50 bits per heavy atom. The third-order valence-corrected chi connectivity index (χ3v) is 4.58. The highest BCUT2D eigenvalue weighted by atomic mass is 16.6. The molecule has 8 heteroatoms. The van der Waals surface area contributed by atoms with Crippen LogP contribution in [0.1, 0.15) is 10.4 Å². The van der Waals surface area contributed by atoms with Crippen LogP contribution in [-0.2, 0) is 4.79 Å². The number of ether oxygens (including phenoxy) is 4. The van der Waals surface area contributed by atoms with Gasteiger partial charge in [0.05, 0.1) is 5.56 Å². The number of carbonyl (C=O) groups is 2. The van der Waals surface area contributed by atoms with Crippen LogP contribution in [0.2, 0.25) is 0 Å². The van der Waals surface area contributed by atoms with Crippen LogP contribution in [-0.4, -0.2) is 37.7 Å². The first-order chi connectivity index (χ1) is 15.7. The van der Waals surface area contributed by atoms with Gasteiger partial charge in [0.2, 0.25) is 6.10 Å². The Kier molecular flexibility index (Phi) is 6.72. The van der Waals surface area contributed by atoms with Gasteiger partial charge >= 0.3 is 0 Å². The van der Waals surface area contributed by atoms with Gasteiger partial charge in [0.25, 0.3) is 11.8 Å². The van der Waals surface area contributed by atoms with E-state index >= 15 is 0 Å². The van der Waals surface area contributed by atoms with Gasteiger partial charge in [-0.05, 0) is 36.4 Å². The molecule has 0 radical (unpaired) electrons. The number of fused-ring (bicyclic) bond motifs is 1. The summed E-state index contributed by atoms with van der Waals surface area (Å²) >= 11 is 0. The number of carbonyl (C=O) groups excluding carboxylic acids is 2. The minimum atomic E-state index is -0.883. The fourth-order valence-corrected chi connectivity index (χ4v) is 3.02. The van der Waals surface area contributed by atoms with Gasteiger partial charge in [-0.3, -0.25) is 20.4 Å². The molecule has 0 bridgehead atoms. The minimum Gasteiger partial charge on any atom is -0.490 e. The van der Waals surface area contributed by atoms with Gasteiger partial charge in [-0.25, -0.2) is 0 Å². The molecule has 0 aromatic heterocycles. The molecule has 0 spiro atoms. The van der Waals surface area contributed by atoms with E-state index in [1.807, 2.05) is 36.4 Å². The molecular formula is C24H22N2O6. The average molecular weight is 434 g/mol. The first-order valence-corrected chi connectivity index (χ1v) is 10.1.